The highest BCUT2D eigenvalue weighted by Crippen LogP contribution is 2.16. The van der Waals surface area contributed by atoms with E-state index >= 15 is 0 Å². The first-order valence-electron chi connectivity index (χ1n) is 4.37. The van der Waals surface area contributed by atoms with Gasteiger partial charge in [0.25, 0.3) is 5.91 Å². The van der Waals surface area contributed by atoms with E-state index in [2.05, 4.69) is 20.4 Å². The summed E-state index contributed by atoms with van der Waals surface area (Å²) in [6.45, 7) is 1.71. The van der Waals surface area contributed by atoms with Crippen molar-refractivity contribution in [3.8, 4) is 0 Å². The Morgan fingerprint density at radius 2 is 2.19 bits per heavy atom. The van der Waals surface area contributed by atoms with Gasteiger partial charge in [-0.3, -0.25) is 4.79 Å². The smallest absolute Gasteiger partial charge is 0.295 e. The van der Waals surface area contributed by atoms with Gasteiger partial charge in [0.1, 0.15) is 0 Å². The van der Waals surface area contributed by atoms with Crippen molar-refractivity contribution in [2.45, 2.75) is 6.92 Å². The number of aryl methyl sites for hydroxylation is 1. The Bertz CT molecular complexity index is 526. The molecule has 1 amide bonds. The van der Waals surface area contributed by atoms with Crippen molar-refractivity contribution in [2.24, 2.45) is 0 Å². The third-order valence-electron chi connectivity index (χ3n) is 1.84. The second-order valence-electron chi connectivity index (χ2n) is 2.99. The van der Waals surface area contributed by atoms with E-state index in [-0.39, 0.29) is 16.7 Å². The van der Waals surface area contributed by atoms with Gasteiger partial charge in [0.2, 0.25) is 5.76 Å². The van der Waals surface area contributed by atoms with E-state index in [1.54, 1.807) is 6.92 Å². The molecular weight excluding hydrogens is 232 g/mol. The second-order valence-corrected chi connectivity index (χ2v) is 3.35. The van der Waals surface area contributed by atoms with E-state index < -0.39 is 5.91 Å². The molecule has 1 N–H and O–H groups in total. The molecule has 2 rings (SSSR count). The van der Waals surface area contributed by atoms with Crippen molar-refractivity contribution in [3.63, 3.8) is 0 Å². The van der Waals surface area contributed by atoms with Crippen LogP contribution in [0.2, 0.25) is 5.15 Å². The number of hydrogen-bond donors (Lipinski definition) is 1. The number of aromatic nitrogens is 3. The van der Waals surface area contributed by atoms with Crippen LogP contribution in [0.5, 0.6) is 0 Å². The Morgan fingerprint density at radius 3 is 2.81 bits per heavy atom. The number of halogens is 1. The first-order chi connectivity index (χ1) is 7.68. The zero-order valence-electron chi connectivity index (χ0n) is 8.27. The van der Waals surface area contributed by atoms with Crippen LogP contribution in [0.3, 0.4) is 0 Å². The quantitative estimate of drug-likeness (QED) is 0.861. The van der Waals surface area contributed by atoms with Gasteiger partial charge in [-0.2, -0.15) is 0 Å². The zero-order chi connectivity index (χ0) is 11.5. The van der Waals surface area contributed by atoms with Crippen molar-refractivity contribution in [3.05, 3.63) is 35.1 Å². The first kappa shape index (κ1) is 10.6. The number of nitrogens with one attached hydrogen (secondary N) is 1. The van der Waals surface area contributed by atoms with E-state index in [0.29, 0.717) is 5.56 Å². The van der Waals surface area contributed by atoms with Crippen molar-refractivity contribution in [1.29, 1.82) is 0 Å². The van der Waals surface area contributed by atoms with Crippen LogP contribution in [0, 0.1) is 6.92 Å². The lowest BCUT2D eigenvalue weighted by Gasteiger charge is -2.02. The zero-order valence-corrected chi connectivity index (χ0v) is 9.02. The summed E-state index contributed by atoms with van der Waals surface area (Å²) in [5, 5.41) is 6.10. The highest BCUT2D eigenvalue weighted by Gasteiger charge is 2.16. The maximum atomic E-state index is 11.7. The van der Waals surface area contributed by atoms with Crippen LogP contribution in [0.25, 0.3) is 0 Å². The van der Waals surface area contributed by atoms with Crippen LogP contribution >= 0.6 is 11.6 Å². The molecule has 0 aliphatic rings. The molecule has 0 radical (unpaired) electrons. The van der Waals surface area contributed by atoms with Crippen LogP contribution in [-0.2, 0) is 0 Å². The SMILES string of the molecule is Cc1cnoc1C(=O)Nc1nccnc1Cl. The van der Waals surface area contributed by atoms with Gasteiger partial charge in [0.15, 0.2) is 11.0 Å². The topological polar surface area (TPSA) is 80.9 Å². The van der Waals surface area contributed by atoms with Gasteiger partial charge in [-0.1, -0.05) is 16.8 Å². The summed E-state index contributed by atoms with van der Waals surface area (Å²) in [5.41, 5.74) is 0.637. The van der Waals surface area contributed by atoms with Crippen LogP contribution < -0.4 is 5.32 Å². The summed E-state index contributed by atoms with van der Waals surface area (Å²) in [6, 6.07) is 0. The van der Waals surface area contributed by atoms with Crippen molar-refractivity contribution < 1.29 is 9.32 Å². The number of hydrogen-bond acceptors (Lipinski definition) is 5. The van der Waals surface area contributed by atoms with E-state index in [1.165, 1.54) is 18.6 Å². The average Bonchev–Trinajstić information content (AvgIpc) is 2.68. The fourth-order valence-corrected chi connectivity index (χ4v) is 1.23. The monoisotopic (exact) mass is 238 g/mol. The summed E-state index contributed by atoms with van der Waals surface area (Å²) in [7, 11) is 0. The predicted molar refractivity (Wildman–Crippen MR) is 56.2 cm³/mol. The van der Waals surface area contributed by atoms with Gasteiger partial charge < -0.3 is 9.84 Å². The molecular formula is C9H7ClN4O2. The highest BCUT2D eigenvalue weighted by atomic mass is 35.5. The predicted octanol–water partition coefficient (Wildman–Crippen LogP) is 1.68. The molecule has 0 aliphatic carbocycles. The molecule has 0 atom stereocenters. The minimum Gasteiger partial charge on any atom is -0.351 e. The Labute approximate surface area is 95.6 Å². The van der Waals surface area contributed by atoms with Gasteiger partial charge in [-0.15, -0.1) is 0 Å². The second kappa shape index (κ2) is 4.28. The standard InChI is InChI=1S/C9H7ClN4O2/c1-5-4-13-16-6(5)9(15)14-8-7(10)11-2-3-12-8/h2-4H,1H3,(H,12,14,15). The normalized spacial score (nSPS) is 10.1. The Balaban J connectivity index is 2.21. The average molecular weight is 239 g/mol. The molecule has 0 aliphatic heterocycles. The number of rotatable bonds is 2. The lowest BCUT2D eigenvalue weighted by molar-refractivity contribution is 0.0986. The fourth-order valence-electron chi connectivity index (χ4n) is 1.08. The van der Waals surface area contributed by atoms with Gasteiger partial charge in [-0.25, -0.2) is 9.97 Å². The van der Waals surface area contributed by atoms with Crippen LogP contribution in [0.15, 0.2) is 23.1 Å². The number of anilines is 1. The molecule has 0 aromatic carbocycles. The summed E-state index contributed by atoms with van der Waals surface area (Å²) in [6.07, 6.45) is 4.31. The minimum atomic E-state index is -0.461. The van der Waals surface area contributed by atoms with E-state index in [9.17, 15) is 4.79 Å². The lowest BCUT2D eigenvalue weighted by atomic mass is 10.3. The molecule has 16 heavy (non-hydrogen) atoms. The molecule has 0 spiro atoms. The largest absolute Gasteiger partial charge is 0.351 e. The van der Waals surface area contributed by atoms with Gasteiger partial charge in [-0.05, 0) is 6.92 Å². The summed E-state index contributed by atoms with van der Waals surface area (Å²) >= 11 is 5.73. The molecule has 6 nitrogen and oxygen atoms in total. The molecule has 2 aromatic rings. The summed E-state index contributed by atoms with van der Waals surface area (Å²) in [5.74, 6) is -0.149. The molecule has 0 fully saturated rings. The molecule has 82 valence electrons. The van der Waals surface area contributed by atoms with Crippen molar-refractivity contribution in [1.82, 2.24) is 15.1 Å². The third kappa shape index (κ3) is 2.01. The Hall–Kier alpha value is -1.95. The molecule has 2 heterocycles. The number of nitrogens with zero attached hydrogens (tertiary/aromatic N) is 3. The maximum Gasteiger partial charge on any atom is 0.295 e. The Morgan fingerprint density at radius 1 is 1.44 bits per heavy atom. The van der Waals surface area contributed by atoms with Gasteiger partial charge in [0, 0.05) is 18.0 Å². The van der Waals surface area contributed by atoms with Crippen molar-refractivity contribution in [2.75, 3.05) is 5.32 Å². The van der Waals surface area contributed by atoms with Gasteiger partial charge in [0.05, 0.1) is 6.20 Å². The summed E-state index contributed by atoms with van der Waals surface area (Å²) in [4.78, 5) is 19.3. The van der Waals surface area contributed by atoms with Crippen LogP contribution in [0.4, 0.5) is 5.82 Å². The first-order valence-corrected chi connectivity index (χ1v) is 4.75. The maximum absolute atomic E-state index is 11.7. The molecule has 0 saturated carbocycles. The summed E-state index contributed by atoms with van der Waals surface area (Å²) < 4.78 is 4.78. The van der Waals surface area contributed by atoms with Crippen LogP contribution in [-0.4, -0.2) is 21.0 Å². The molecule has 7 heteroatoms. The minimum absolute atomic E-state index is 0.119. The number of carbonyl (C=O) groups excluding carboxylic acids is 1. The van der Waals surface area contributed by atoms with E-state index in [0.717, 1.165) is 0 Å². The lowest BCUT2D eigenvalue weighted by Crippen LogP contribution is -2.13. The van der Waals surface area contributed by atoms with Crippen molar-refractivity contribution >= 4 is 23.3 Å². The molecule has 0 unspecified atom stereocenters. The number of amides is 1. The van der Waals surface area contributed by atoms with Crippen LogP contribution in [0.1, 0.15) is 16.1 Å². The highest BCUT2D eigenvalue weighted by molar-refractivity contribution is 6.32. The Kier molecular flexibility index (Phi) is 2.82. The fraction of sp³-hybridized carbons (Fsp3) is 0.111. The third-order valence-corrected chi connectivity index (χ3v) is 2.12. The van der Waals surface area contributed by atoms with Gasteiger partial charge >= 0.3 is 0 Å². The molecule has 0 bridgehead atoms. The van der Waals surface area contributed by atoms with E-state index in [4.69, 9.17) is 16.1 Å². The molecule has 2 aromatic heterocycles. The molecule has 0 saturated heterocycles. The van der Waals surface area contributed by atoms with E-state index in [1.807, 2.05) is 0 Å². The number of carbonyl (C=O) groups is 1.